The fourth-order valence-corrected chi connectivity index (χ4v) is 3.22. The van der Waals surface area contributed by atoms with Crippen LogP contribution in [0.3, 0.4) is 0 Å². The number of rotatable bonds is 7. The second kappa shape index (κ2) is 11.0. The molecule has 3 aromatic rings. The van der Waals surface area contributed by atoms with Crippen molar-refractivity contribution in [2.75, 3.05) is 25.9 Å². The Morgan fingerprint density at radius 3 is 2.62 bits per heavy atom. The molecule has 0 saturated carbocycles. The highest BCUT2D eigenvalue weighted by atomic mass is 127. The van der Waals surface area contributed by atoms with Gasteiger partial charge in [-0.2, -0.15) is 0 Å². The van der Waals surface area contributed by atoms with Crippen molar-refractivity contribution in [1.82, 2.24) is 25.2 Å². The number of aromatic nitrogens is 3. The number of nitrogens with zero attached hydrogens (tertiary/aromatic N) is 4. The zero-order chi connectivity index (χ0) is 17.3. The van der Waals surface area contributed by atoms with Crippen LogP contribution in [0.25, 0.3) is 5.65 Å². The number of thioether (sulfide) groups is 1. The first-order chi connectivity index (χ1) is 12.4. The summed E-state index contributed by atoms with van der Waals surface area (Å²) in [5.74, 6) is 2.74. The van der Waals surface area contributed by atoms with E-state index in [9.17, 15) is 0 Å². The third-order valence-corrected chi connectivity index (χ3v) is 4.67. The zero-order valence-corrected chi connectivity index (χ0v) is 17.8. The predicted molar refractivity (Wildman–Crippen MR) is 119 cm³/mol. The van der Waals surface area contributed by atoms with Gasteiger partial charge in [0.1, 0.15) is 5.82 Å². The normalized spacial score (nSPS) is 11.2. The van der Waals surface area contributed by atoms with Crippen molar-refractivity contribution in [1.29, 1.82) is 0 Å². The number of pyridine rings is 1. The van der Waals surface area contributed by atoms with Gasteiger partial charge in [0.15, 0.2) is 11.6 Å². The SMILES string of the molecule is CN=C(NCCSc1ccccc1)NCCc1nnc2ccccn12.I. The average molecular weight is 482 g/mol. The maximum atomic E-state index is 4.26. The van der Waals surface area contributed by atoms with Crippen LogP contribution in [0.5, 0.6) is 0 Å². The van der Waals surface area contributed by atoms with Gasteiger partial charge in [-0.1, -0.05) is 24.3 Å². The molecule has 0 aliphatic carbocycles. The number of nitrogens with one attached hydrogen (secondary N) is 2. The maximum absolute atomic E-state index is 4.26. The minimum absolute atomic E-state index is 0. The Kier molecular flexibility index (Phi) is 8.69. The number of hydrogen-bond donors (Lipinski definition) is 2. The van der Waals surface area contributed by atoms with Crippen molar-refractivity contribution in [2.45, 2.75) is 11.3 Å². The van der Waals surface area contributed by atoms with Crippen molar-refractivity contribution < 1.29 is 0 Å². The van der Waals surface area contributed by atoms with E-state index in [-0.39, 0.29) is 24.0 Å². The molecule has 1 aromatic carbocycles. The summed E-state index contributed by atoms with van der Waals surface area (Å²) in [5.41, 5.74) is 0.873. The number of fused-ring (bicyclic) bond motifs is 1. The minimum atomic E-state index is 0. The molecule has 138 valence electrons. The van der Waals surface area contributed by atoms with E-state index in [4.69, 9.17) is 0 Å². The van der Waals surface area contributed by atoms with Crippen LogP contribution in [0.2, 0.25) is 0 Å². The highest BCUT2D eigenvalue weighted by Crippen LogP contribution is 2.15. The lowest BCUT2D eigenvalue weighted by Gasteiger charge is -2.11. The largest absolute Gasteiger partial charge is 0.356 e. The predicted octanol–water partition coefficient (Wildman–Crippen LogP) is 2.85. The summed E-state index contributed by atoms with van der Waals surface area (Å²) in [6.45, 7) is 1.61. The molecule has 6 nitrogen and oxygen atoms in total. The molecule has 0 unspecified atom stereocenters. The summed E-state index contributed by atoms with van der Waals surface area (Å²) in [6, 6.07) is 16.3. The third kappa shape index (κ3) is 5.87. The van der Waals surface area contributed by atoms with Gasteiger partial charge in [-0.25, -0.2) is 0 Å². The first kappa shape index (κ1) is 20.5. The molecule has 2 heterocycles. The van der Waals surface area contributed by atoms with Crippen molar-refractivity contribution >= 4 is 47.3 Å². The Morgan fingerprint density at radius 1 is 1.04 bits per heavy atom. The lowest BCUT2D eigenvalue weighted by Crippen LogP contribution is -2.39. The van der Waals surface area contributed by atoms with Crippen LogP contribution in [0.1, 0.15) is 5.82 Å². The van der Waals surface area contributed by atoms with E-state index in [0.717, 1.165) is 42.7 Å². The standard InChI is InChI=1S/C18H22N6S.HI/c1-19-18(21-12-14-25-15-7-3-2-4-8-15)20-11-10-17-23-22-16-9-5-6-13-24(16)17;/h2-9,13H,10-12,14H2,1H3,(H2,19,20,21);1H. The number of benzene rings is 1. The van der Waals surface area contributed by atoms with Gasteiger partial charge in [0.2, 0.25) is 0 Å². The third-order valence-electron chi connectivity index (χ3n) is 3.66. The molecular formula is C18H23IN6S. The monoisotopic (exact) mass is 482 g/mol. The fraction of sp³-hybridized carbons (Fsp3) is 0.278. The molecular weight excluding hydrogens is 459 g/mol. The van der Waals surface area contributed by atoms with Gasteiger partial charge in [-0.05, 0) is 24.3 Å². The van der Waals surface area contributed by atoms with Crippen LogP contribution in [0.4, 0.5) is 0 Å². The first-order valence-corrected chi connectivity index (χ1v) is 9.26. The van der Waals surface area contributed by atoms with Crippen LogP contribution in [0.15, 0.2) is 64.6 Å². The molecule has 0 fully saturated rings. The summed E-state index contributed by atoms with van der Waals surface area (Å²) in [5, 5.41) is 15.1. The Balaban J connectivity index is 0.00000243. The van der Waals surface area contributed by atoms with Gasteiger partial charge in [0, 0.05) is 43.4 Å². The molecule has 0 aliphatic heterocycles. The molecule has 0 amide bonds. The summed E-state index contributed by atoms with van der Waals surface area (Å²) in [6.07, 6.45) is 2.77. The van der Waals surface area contributed by atoms with Crippen LogP contribution >= 0.6 is 35.7 Å². The Hall–Kier alpha value is -1.81. The second-order valence-electron chi connectivity index (χ2n) is 5.38. The molecule has 0 aliphatic rings. The van der Waals surface area contributed by atoms with Gasteiger partial charge in [0.05, 0.1) is 0 Å². The molecule has 26 heavy (non-hydrogen) atoms. The zero-order valence-electron chi connectivity index (χ0n) is 14.6. The molecule has 3 rings (SSSR count). The molecule has 0 atom stereocenters. The van der Waals surface area contributed by atoms with Crippen LogP contribution in [-0.2, 0) is 6.42 Å². The van der Waals surface area contributed by atoms with Crippen molar-refractivity contribution in [3.8, 4) is 0 Å². The molecule has 8 heteroatoms. The number of halogens is 1. The van der Waals surface area contributed by atoms with E-state index >= 15 is 0 Å². The van der Waals surface area contributed by atoms with E-state index < -0.39 is 0 Å². The quantitative estimate of drug-likeness (QED) is 0.178. The molecule has 0 bridgehead atoms. The van der Waals surface area contributed by atoms with Crippen molar-refractivity contribution in [2.24, 2.45) is 4.99 Å². The summed E-state index contributed by atoms with van der Waals surface area (Å²) in [7, 11) is 1.78. The average Bonchev–Trinajstić information content (AvgIpc) is 3.08. The molecule has 2 aromatic heterocycles. The number of aliphatic imine (C=N–C) groups is 1. The molecule has 0 radical (unpaired) electrons. The van der Waals surface area contributed by atoms with Gasteiger partial charge in [0.25, 0.3) is 0 Å². The summed E-state index contributed by atoms with van der Waals surface area (Å²) in [4.78, 5) is 5.54. The highest BCUT2D eigenvalue weighted by molar-refractivity contribution is 14.0. The Morgan fingerprint density at radius 2 is 1.81 bits per heavy atom. The molecule has 0 spiro atoms. The lowest BCUT2D eigenvalue weighted by atomic mass is 10.4. The van der Waals surface area contributed by atoms with Gasteiger partial charge in [-0.15, -0.1) is 45.9 Å². The van der Waals surface area contributed by atoms with E-state index in [2.05, 4.69) is 50.1 Å². The van der Waals surface area contributed by atoms with E-state index in [1.165, 1.54) is 4.90 Å². The van der Waals surface area contributed by atoms with E-state index in [1.807, 2.05) is 46.6 Å². The highest BCUT2D eigenvalue weighted by Gasteiger charge is 2.04. The lowest BCUT2D eigenvalue weighted by molar-refractivity contribution is 0.769. The molecule has 2 N–H and O–H groups in total. The van der Waals surface area contributed by atoms with E-state index in [1.54, 1.807) is 7.05 Å². The number of hydrogen-bond acceptors (Lipinski definition) is 4. The van der Waals surface area contributed by atoms with E-state index in [0.29, 0.717) is 0 Å². The summed E-state index contributed by atoms with van der Waals surface area (Å²) < 4.78 is 2.01. The fourth-order valence-electron chi connectivity index (χ4n) is 2.43. The van der Waals surface area contributed by atoms with Gasteiger partial charge < -0.3 is 10.6 Å². The Bertz CT molecular complexity index is 821. The van der Waals surface area contributed by atoms with Crippen molar-refractivity contribution in [3.05, 3.63) is 60.6 Å². The van der Waals surface area contributed by atoms with Crippen LogP contribution < -0.4 is 10.6 Å². The molecule has 0 saturated heterocycles. The van der Waals surface area contributed by atoms with Crippen LogP contribution in [-0.4, -0.2) is 46.4 Å². The topological polar surface area (TPSA) is 66.6 Å². The smallest absolute Gasteiger partial charge is 0.191 e. The van der Waals surface area contributed by atoms with Gasteiger partial charge >= 0.3 is 0 Å². The summed E-state index contributed by atoms with van der Waals surface area (Å²) >= 11 is 1.83. The minimum Gasteiger partial charge on any atom is -0.356 e. The van der Waals surface area contributed by atoms with Crippen LogP contribution in [0, 0.1) is 0 Å². The second-order valence-corrected chi connectivity index (χ2v) is 6.55. The van der Waals surface area contributed by atoms with Crippen molar-refractivity contribution in [3.63, 3.8) is 0 Å². The first-order valence-electron chi connectivity index (χ1n) is 8.28. The van der Waals surface area contributed by atoms with Gasteiger partial charge in [-0.3, -0.25) is 9.39 Å². The number of guanidine groups is 1. The Labute approximate surface area is 174 Å². The maximum Gasteiger partial charge on any atom is 0.191 e.